The number of urea groups is 1. The lowest BCUT2D eigenvalue weighted by Gasteiger charge is -2.06. The van der Waals surface area contributed by atoms with Crippen LogP contribution in [-0.4, -0.2) is 34.5 Å². The number of carboxylic acid groups (broad SMARTS) is 1. The molecule has 1 saturated heterocycles. The molecule has 0 unspecified atom stereocenters. The van der Waals surface area contributed by atoms with E-state index in [0.29, 0.717) is 12.1 Å². The number of likely N-dealkylation sites (N-methyl/N-ethyl adjacent to an activating group) is 1. The fraction of sp³-hybridized carbons (Fsp3) is 0.154. The maximum absolute atomic E-state index is 11.8. The predicted octanol–water partition coefficient (Wildman–Crippen LogP) is 1.30. The van der Waals surface area contributed by atoms with Crippen LogP contribution in [-0.2, 0) is 4.79 Å². The van der Waals surface area contributed by atoms with Gasteiger partial charge < -0.3 is 10.4 Å². The summed E-state index contributed by atoms with van der Waals surface area (Å²) in [4.78, 5) is 35.0. The summed E-state index contributed by atoms with van der Waals surface area (Å²) in [5, 5.41) is 11.2. The number of benzene rings is 1. The summed E-state index contributed by atoms with van der Waals surface area (Å²) in [5.41, 5.74) is 1.00. The lowest BCUT2D eigenvalue weighted by Crippen LogP contribution is -2.30. The molecule has 1 aliphatic heterocycles. The molecule has 1 aliphatic rings. The van der Waals surface area contributed by atoms with E-state index < -0.39 is 12.0 Å². The highest BCUT2D eigenvalue weighted by Gasteiger charge is 2.31. The van der Waals surface area contributed by atoms with Crippen molar-refractivity contribution in [1.82, 2.24) is 10.2 Å². The number of carbonyl (C=O) groups excluding carboxylic acids is 2. The van der Waals surface area contributed by atoms with Crippen molar-refractivity contribution in [3.8, 4) is 0 Å². The lowest BCUT2D eigenvalue weighted by atomic mass is 10.1. The van der Waals surface area contributed by atoms with Crippen molar-refractivity contribution in [2.75, 3.05) is 6.54 Å². The van der Waals surface area contributed by atoms with Gasteiger partial charge in [0.05, 0.1) is 5.56 Å². The molecule has 1 aromatic carbocycles. The minimum atomic E-state index is -1.01. The Morgan fingerprint density at radius 3 is 2.42 bits per heavy atom. The first-order valence-electron chi connectivity index (χ1n) is 5.71. The molecular weight excluding hydrogens is 248 g/mol. The topological polar surface area (TPSA) is 86.7 Å². The van der Waals surface area contributed by atoms with Gasteiger partial charge in [0.2, 0.25) is 0 Å². The molecule has 0 aromatic heterocycles. The number of rotatable bonds is 3. The number of aromatic carboxylic acids is 1. The van der Waals surface area contributed by atoms with E-state index in [-0.39, 0.29) is 17.2 Å². The van der Waals surface area contributed by atoms with Gasteiger partial charge in [-0.1, -0.05) is 12.1 Å². The molecule has 1 heterocycles. The number of carboxylic acids is 1. The quantitative estimate of drug-likeness (QED) is 0.633. The highest BCUT2D eigenvalue weighted by Crippen LogP contribution is 2.14. The van der Waals surface area contributed by atoms with Crippen molar-refractivity contribution >= 4 is 24.0 Å². The van der Waals surface area contributed by atoms with Gasteiger partial charge in [0, 0.05) is 6.54 Å². The summed E-state index contributed by atoms with van der Waals surface area (Å²) in [5.74, 6) is -1.39. The standard InChI is InChI=1S/C13H12N2O4/c1-2-15-11(16)10(14-13(15)19)7-8-3-5-9(6-4-8)12(17)18/h3-7H,2H2,1H3,(H,14,19)(H,17,18). The number of hydrogen-bond acceptors (Lipinski definition) is 3. The fourth-order valence-electron chi connectivity index (χ4n) is 1.75. The molecule has 19 heavy (non-hydrogen) atoms. The second-order valence-corrected chi connectivity index (χ2v) is 3.96. The van der Waals surface area contributed by atoms with Crippen LogP contribution in [0, 0.1) is 0 Å². The van der Waals surface area contributed by atoms with Gasteiger partial charge in [0.25, 0.3) is 5.91 Å². The molecule has 0 saturated carbocycles. The van der Waals surface area contributed by atoms with Crippen LogP contribution in [0.3, 0.4) is 0 Å². The van der Waals surface area contributed by atoms with Gasteiger partial charge >= 0.3 is 12.0 Å². The monoisotopic (exact) mass is 260 g/mol. The molecule has 0 radical (unpaired) electrons. The van der Waals surface area contributed by atoms with Crippen LogP contribution in [0.15, 0.2) is 30.0 Å². The Morgan fingerprint density at radius 1 is 1.32 bits per heavy atom. The highest BCUT2D eigenvalue weighted by atomic mass is 16.4. The molecule has 6 heteroatoms. The largest absolute Gasteiger partial charge is 0.478 e. The number of nitrogens with zero attached hydrogens (tertiary/aromatic N) is 1. The number of amides is 3. The molecule has 0 spiro atoms. The van der Waals surface area contributed by atoms with Crippen molar-refractivity contribution in [2.24, 2.45) is 0 Å². The van der Waals surface area contributed by atoms with E-state index in [9.17, 15) is 14.4 Å². The Balaban J connectivity index is 2.25. The van der Waals surface area contributed by atoms with Crippen LogP contribution in [0.1, 0.15) is 22.8 Å². The van der Waals surface area contributed by atoms with E-state index in [1.807, 2.05) is 0 Å². The van der Waals surface area contributed by atoms with Gasteiger partial charge in [-0.25, -0.2) is 9.59 Å². The normalized spacial score (nSPS) is 16.9. The van der Waals surface area contributed by atoms with Gasteiger partial charge in [0.1, 0.15) is 5.70 Å². The van der Waals surface area contributed by atoms with Crippen LogP contribution in [0.4, 0.5) is 4.79 Å². The third-order valence-electron chi connectivity index (χ3n) is 2.75. The van der Waals surface area contributed by atoms with Gasteiger partial charge in [-0.05, 0) is 30.7 Å². The number of imide groups is 1. The minimum Gasteiger partial charge on any atom is -0.478 e. The number of carbonyl (C=O) groups is 3. The van der Waals surface area contributed by atoms with E-state index >= 15 is 0 Å². The van der Waals surface area contributed by atoms with Crippen LogP contribution in [0.2, 0.25) is 0 Å². The molecule has 0 bridgehead atoms. The second-order valence-electron chi connectivity index (χ2n) is 3.96. The molecular formula is C13H12N2O4. The zero-order valence-electron chi connectivity index (χ0n) is 10.2. The van der Waals surface area contributed by atoms with Crippen LogP contribution < -0.4 is 5.32 Å². The van der Waals surface area contributed by atoms with E-state index in [0.717, 1.165) is 4.90 Å². The molecule has 0 atom stereocenters. The zero-order valence-corrected chi connectivity index (χ0v) is 10.2. The molecule has 0 aliphatic carbocycles. The lowest BCUT2D eigenvalue weighted by molar-refractivity contribution is -0.122. The molecule has 3 amide bonds. The summed E-state index contributed by atoms with van der Waals surface area (Å²) in [7, 11) is 0. The molecule has 6 nitrogen and oxygen atoms in total. The molecule has 1 fully saturated rings. The second kappa shape index (κ2) is 4.93. The summed E-state index contributed by atoms with van der Waals surface area (Å²) in [6.45, 7) is 2.02. The van der Waals surface area contributed by atoms with E-state index in [1.54, 1.807) is 19.1 Å². The minimum absolute atomic E-state index is 0.166. The van der Waals surface area contributed by atoms with Crippen LogP contribution in [0.5, 0.6) is 0 Å². The molecule has 1 aromatic rings. The van der Waals surface area contributed by atoms with E-state index in [4.69, 9.17) is 5.11 Å². The van der Waals surface area contributed by atoms with Crippen LogP contribution >= 0.6 is 0 Å². The summed E-state index contributed by atoms with van der Waals surface area (Å²) in [6, 6.07) is 5.58. The molecule has 98 valence electrons. The third kappa shape index (κ3) is 2.47. The van der Waals surface area contributed by atoms with E-state index in [2.05, 4.69) is 5.32 Å². The van der Waals surface area contributed by atoms with Crippen molar-refractivity contribution in [3.63, 3.8) is 0 Å². The first kappa shape index (κ1) is 12.8. The van der Waals surface area contributed by atoms with E-state index in [1.165, 1.54) is 18.2 Å². The first-order chi connectivity index (χ1) is 9.02. The highest BCUT2D eigenvalue weighted by molar-refractivity contribution is 6.13. The number of nitrogens with one attached hydrogen (secondary N) is 1. The maximum atomic E-state index is 11.8. The summed E-state index contributed by atoms with van der Waals surface area (Å²) >= 11 is 0. The Morgan fingerprint density at radius 2 is 1.95 bits per heavy atom. The Bertz CT molecular complexity index is 575. The third-order valence-corrected chi connectivity index (χ3v) is 2.75. The molecule has 2 N–H and O–H groups in total. The van der Waals surface area contributed by atoms with Gasteiger partial charge in [0.15, 0.2) is 0 Å². The SMILES string of the molecule is CCN1C(=O)NC(=Cc2ccc(C(=O)O)cc2)C1=O. The predicted molar refractivity (Wildman–Crippen MR) is 67.3 cm³/mol. The van der Waals surface area contributed by atoms with Crippen molar-refractivity contribution in [2.45, 2.75) is 6.92 Å². The van der Waals surface area contributed by atoms with Gasteiger partial charge in [-0.2, -0.15) is 0 Å². The van der Waals surface area contributed by atoms with Crippen molar-refractivity contribution in [1.29, 1.82) is 0 Å². The van der Waals surface area contributed by atoms with Crippen molar-refractivity contribution in [3.05, 3.63) is 41.1 Å². The van der Waals surface area contributed by atoms with Crippen LogP contribution in [0.25, 0.3) is 6.08 Å². The van der Waals surface area contributed by atoms with Gasteiger partial charge in [-0.15, -0.1) is 0 Å². The fourth-order valence-corrected chi connectivity index (χ4v) is 1.75. The zero-order chi connectivity index (χ0) is 14.0. The average Bonchev–Trinajstić information content (AvgIpc) is 2.64. The average molecular weight is 260 g/mol. The number of hydrogen-bond donors (Lipinski definition) is 2. The summed E-state index contributed by atoms with van der Waals surface area (Å²) in [6.07, 6.45) is 1.52. The smallest absolute Gasteiger partial charge is 0.335 e. The Labute approximate surface area is 109 Å². The molecule has 2 rings (SSSR count). The maximum Gasteiger partial charge on any atom is 0.335 e. The Hall–Kier alpha value is -2.63. The van der Waals surface area contributed by atoms with Crippen molar-refractivity contribution < 1.29 is 19.5 Å². The Kier molecular flexibility index (Phi) is 3.33. The van der Waals surface area contributed by atoms with Gasteiger partial charge in [-0.3, -0.25) is 9.69 Å². The first-order valence-corrected chi connectivity index (χ1v) is 5.71. The summed E-state index contributed by atoms with van der Waals surface area (Å²) < 4.78 is 0.